The largest absolute Gasteiger partial charge is 0.507 e. The van der Waals surface area contributed by atoms with Crippen molar-refractivity contribution in [2.24, 2.45) is 0 Å². The van der Waals surface area contributed by atoms with E-state index in [1.165, 1.54) is 13.2 Å². The summed E-state index contributed by atoms with van der Waals surface area (Å²) in [6.07, 6.45) is 0.0657. The molecule has 0 fully saturated rings. The first-order chi connectivity index (χ1) is 9.60. The molecule has 0 spiro atoms. The van der Waals surface area contributed by atoms with Crippen LogP contribution in [-0.2, 0) is 29.2 Å². The standard InChI is InChI=1S/C15H16O5/c1-20-14(19)6-9-4-10-2-3-11(7-16)12(8-17)15(10)13(18)5-9/h2-5,16-18H,6-8H2,1H3. The molecule has 2 aromatic carbocycles. The summed E-state index contributed by atoms with van der Waals surface area (Å²) in [4.78, 5) is 11.3. The Hall–Kier alpha value is -2.11. The highest BCUT2D eigenvalue weighted by Crippen LogP contribution is 2.32. The number of aliphatic hydroxyl groups excluding tert-OH is 2. The first-order valence-electron chi connectivity index (χ1n) is 6.15. The minimum atomic E-state index is -0.391. The van der Waals surface area contributed by atoms with Crippen molar-refractivity contribution in [2.45, 2.75) is 19.6 Å². The quantitative estimate of drug-likeness (QED) is 0.731. The van der Waals surface area contributed by atoms with E-state index in [4.69, 9.17) is 0 Å². The van der Waals surface area contributed by atoms with E-state index in [-0.39, 0.29) is 25.4 Å². The Morgan fingerprint density at radius 2 is 1.95 bits per heavy atom. The molecule has 106 valence electrons. The predicted molar refractivity (Wildman–Crippen MR) is 73.2 cm³/mol. The van der Waals surface area contributed by atoms with Gasteiger partial charge in [-0.3, -0.25) is 4.79 Å². The topological polar surface area (TPSA) is 87.0 Å². The van der Waals surface area contributed by atoms with Crippen molar-refractivity contribution in [3.63, 3.8) is 0 Å². The maximum atomic E-state index is 11.3. The van der Waals surface area contributed by atoms with Crippen molar-refractivity contribution in [1.29, 1.82) is 0 Å². The Balaban J connectivity index is 2.59. The first-order valence-corrected chi connectivity index (χ1v) is 6.15. The van der Waals surface area contributed by atoms with Crippen LogP contribution in [0.5, 0.6) is 5.75 Å². The summed E-state index contributed by atoms with van der Waals surface area (Å²) < 4.78 is 4.59. The number of methoxy groups -OCH3 is 1. The predicted octanol–water partition coefficient (Wildman–Crippen LogP) is 1.25. The summed E-state index contributed by atoms with van der Waals surface area (Å²) in [7, 11) is 1.31. The van der Waals surface area contributed by atoms with E-state index in [0.29, 0.717) is 27.5 Å². The van der Waals surface area contributed by atoms with Crippen molar-refractivity contribution in [3.8, 4) is 5.75 Å². The number of aliphatic hydroxyl groups is 2. The molecule has 0 aromatic heterocycles. The van der Waals surface area contributed by atoms with Crippen molar-refractivity contribution in [3.05, 3.63) is 41.0 Å². The molecule has 0 aliphatic carbocycles. The molecule has 0 aliphatic rings. The highest BCUT2D eigenvalue weighted by Gasteiger charge is 2.13. The fourth-order valence-corrected chi connectivity index (χ4v) is 2.29. The summed E-state index contributed by atoms with van der Waals surface area (Å²) in [5.74, 6) is -0.418. The van der Waals surface area contributed by atoms with Crippen LogP contribution < -0.4 is 0 Å². The zero-order valence-electron chi connectivity index (χ0n) is 11.1. The van der Waals surface area contributed by atoms with Gasteiger partial charge in [0.1, 0.15) is 5.75 Å². The van der Waals surface area contributed by atoms with Crippen LogP contribution in [-0.4, -0.2) is 28.4 Å². The third-order valence-corrected chi connectivity index (χ3v) is 3.27. The third-order valence-electron chi connectivity index (χ3n) is 3.27. The number of phenolic OH excluding ortho intramolecular Hbond substituents is 1. The van der Waals surface area contributed by atoms with Gasteiger partial charge in [-0.25, -0.2) is 0 Å². The van der Waals surface area contributed by atoms with Crippen LogP contribution in [0, 0.1) is 0 Å². The van der Waals surface area contributed by atoms with E-state index in [9.17, 15) is 20.1 Å². The molecule has 0 radical (unpaired) electrons. The number of esters is 1. The van der Waals surface area contributed by atoms with Gasteiger partial charge in [0.05, 0.1) is 26.7 Å². The lowest BCUT2D eigenvalue weighted by atomic mass is 9.96. The van der Waals surface area contributed by atoms with Crippen LogP contribution in [0.3, 0.4) is 0 Å². The lowest BCUT2D eigenvalue weighted by Crippen LogP contribution is -2.04. The van der Waals surface area contributed by atoms with Crippen molar-refractivity contribution in [1.82, 2.24) is 0 Å². The molecule has 5 heteroatoms. The van der Waals surface area contributed by atoms with Gasteiger partial charge in [0.2, 0.25) is 0 Å². The molecule has 0 heterocycles. The van der Waals surface area contributed by atoms with Gasteiger partial charge in [0.15, 0.2) is 0 Å². The highest BCUT2D eigenvalue weighted by molar-refractivity contribution is 5.93. The average molecular weight is 276 g/mol. The smallest absolute Gasteiger partial charge is 0.309 e. The number of fused-ring (bicyclic) bond motifs is 1. The van der Waals surface area contributed by atoms with E-state index in [1.54, 1.807) is 18.2 Å². The molecule has 0 saturated heterocycles. The number of hydrogen-bond acceptors (Lipinski definition) is 5. The molecule has 2 rings (SSSR count). The van der Waals surface area contributed by atoms with Crippen LogP contribution in [0.2, 0.25) is 0 Å². The summed E-state index contributed by atoms with van der Waals surface area (Å²) in [5.41, 5.74) is 1.69. The molecular weight excluding hydrogens is 260 g/mol. The molecule has 0 bridgehead atoms. The van der Waals surface area contributed by atoms with E-state index >= 15 is 0 Å². The molecule has 0 unspecified atom stereocenters. The van der Waals surface area contributed by atoms with Crippen LogP contribution in [0.1, 0.15) is 16.7 Å². The van der Waals surface area contributed by atoms with Crippen LogP contribution in [0.25, 0.3) is 10.8 Å². The molecule has 20 heavy (non-hydrogen) atoms. The first kappa shape index (κ1) is 14.3. The van der Waals surface area contributed by atoms with Crippen molar-refractivity contribution >= 4 is 16.7 Å². The molecule has 3 N–H and O–H groups in total. The second-order valence-corrected chi connectivity index (χ2v) is 4.49. The number of aromatic hydroxyl groups is 1. The molecule has 0 atom stereocenters. The molecular formula is C15H16O5. The van der Waals surface area contributed by atoms with Gasteiger partial charge in [-0.2, -0.15) is 0 Å². The summed E-state index contributed by atoms with van der Waals surface area (Å²) in [6.45, 7) is -0.494. The summed E-state index contributed by atoms with van der Waals surface area (Å²) in [6, 6.07) is 6.65. The van der Waals surface area contributed by atoms with Gasteiger partial charge in [0.25, 0.3) is 0 Å². The minimum absolute atomic E-state index is 0.0271. The van der Waals surface area contributed by atoms with Gasteiger partial charge in [-0.05, 0) is 28.1 Å². The zero-order chi connectivity index (χ0) is 14.7. The Kier molecular flexibility index (Phi) is 4.22. The molecule has 0 amide bonds. The second kappa shape index (κ2) is 5.90. The number of carbonyl (C=O) groups is 1. The van der Waals surface area contributed by atoms with E-state index in [2.05, 4.69) is 4.74 Å². The van der Waals surface area contributed by atoms with Crippen LogP contribution >= 0.6 is 0 Å². The van der Waals surface area contributed by atoms with E-state index < -0.39 is 5.97 Å². The Bertz CT molecular complexity index is 648. The number of carbonyl (C=O) groups excluding carboxylic acids is 1. The maximum Gasteiger partial charge on any atom is 0.309 e. The summed E-state index contributed by atoms with van der Waals surface area (Å²) in [5, 5.41) is 30.0. The van der Waals surface area contributed by atoms with E-state index in [0.717, 1.165) is 0 Å². The SMILES string of the molecule is COC(=O)Cc1cc(O)c2c(CO)c(CO)ccc2c1. The van der Waals surface area contributed by atoms with Gasteiger partial charge >= 0.3 is 5.97 Å². The fourth-order valence-electron chi connectivity index (χ4n) is 2.29. The fraction of sp³-hybridized carbons (Fsp3) is 0.267. The maximum absolute atomic E-state index is 11.3. The minimum Gasteiger partial charge on any atom is -0.507 e. The summed E-state index contributed by atoms with van der Waals surface area (Å²) >= 11 is 0. The van der Waals surface area contributed by atoms with Gasteiger partial charge in [-0.15, -0.1) is 0 Å². The number of benzene rings is 2. The number of hydrogen-bond donors (Lipinski definition) is 3. The monoisotopic (exact) mass is 276 g/mol. The number of ether oxygens (including phenoxy) is 1. The molecule has 2 aromatic rings. The second-order valence-electron chi connectivity index (χ2n) is 4.49. The zero-order valence-corrected chi connectivity index (χ0v) is 11.1. The highest BCUT2D eigenvalue weighted by atomic mass is 16.5. The van der Waals surface area contributed by atoms with Crippen molar-refractivity contribution < 1.29 is 24.9 Å². The lowest BCUT2D eigenvalue weighted by molar-refractivity contribution is -0.139. The van der Waals surface area contributed by atoms with E-state index in [1.807, 2.05) is 0 Å². The molecule has 0 saturated carbocycles. The van der Waals surface area contributed by atoms with Crippen LogP contribution in [0.4, 0.5) is 0 Å². The van der Waals surface area contributed by atoms with Gasteiger partial charge in [-0.1, -0.05) is 18.2 Å². The van der Waals surface area contributed by atoms with Gasteiger partial charge < -0.3 is 20.1 Å². The lowest BCUT2D eigenvalue weighted by Gasteiger charge is -2.12. The Labute approximate surface area is 116 Å². The van der Waals surface area contributed by atoms with Crippen molar-refractivity contribution in [2.75, 3.05) is 7.11 Å². The number of phenols is 1. The average Bonchev–Trinajstić information content (AvgIpc) is 2.45. The van der Waals surface area contributed by atoms with Crippen LogP contribution in [0.15, 0.2) is 24.3 Å². The number of rotatable bonds is 4. The molecule has 5 nitrogen and oxygen atoms in total. The molecule has 0 aliphatic heterocycles. The third kappa shape index (κ3) is 2.59. The van der Waals surface area contributed by atoms with Gasteiger partial charge in [0, 0.05) is 5.39 Å². The normalized spacial score (nSPS) is 10.8. The Morgan fingerprint density at radius 3 is 2.55 bits per heavy atom. The Morgan fingerprint density at radius 1 is 1.20 bits per heavy atom.